The van der Waals surface area contributed by atoms with Crippen molar-refractivity contribution in [2.75, 3.05) is 54.5 Å². The summed E-state index contributed by atoms with van der Waals surface area (Å²) < 4.78 is 18.9. The number of halogens is 1. The lowest BCUT2D eigenvalue weighted by atomic mass is 10.1. The fourth-order valence-corrected chi connectivity index (χ4v) is 3.57. The SMILES string of the molecule is Fc1cccc(N2CCC[C@@H](Nc3nccc(N4CCOCC4)n3)C2)c1. The number of benzene rings is 1. The first-order valence-electron chi connectivity index (χ1n) is 9.21. The van der Waals surface area contributed by atoms with Gasteiger partial charge in [0.25, 0.3) is 0 Å². The molecular formula is C19H24FN5O. The van der Waals surface area contributed by atoms with Crippen LogP contribution in [0.5, 0.6) is 0 Å². The van der Waals surface area contributed by atoms with E-state index in [0.717, 1.165) is 63.7 Å². The normalized spacial score (nSPS) is 20.9. The number of aromatic nitrogens is 2. The highest BCUT2D eigenvalue weighted by atomic mass is 19.1. The molecule has 6 nitrogen and oxygen atoms in total. The Morgan fingerprint density at radius 3 is 2.85 bits per heavy atom. The molecule has 0 saturated carbocycles. The molecule has 4 rings (SSSR count). The van der Waals surface area contributed by atoms with Crippen LogP contribution in [0.3, 0.4) is 0 Å². The van der Waals surface area contributed by atoms with E-state index in [0.29, 0.717) is 5.95 Å². The summed E-state index contributed by atoms with van der Waals surface area (Å²) in [7, 11) is 0. The van der Waals surface area contributed by atoms with E-state index in [-0.39, 0.29) is 11.9 Å². The Labute approximate surface area is 153 Å². The van der Waals surface area contributed by atoms with Gasteiger partial charge in [-0.25, -0.2) is 9.37 Å². The molecule has 1 aromatic heterocycles. The van der Waals surface area contributed by atoms with Gasteiger partial charge in [-0.3, -0.25) is 0 Å². The summed E-state index contributed by atoms with van der Waals surface area (Å²) in [4.78, 5) is 13.5. The number of hydrogen-bond donors (Lipinski definition) is 1. The topological polar surface area (TPSA) is 53.5 Å². The Hall–Kier alpha value is -2.41. The Morgan fingerprint density at radius 2 is 2.00 bits per heavy atom. The van der Waals surface area contributed by atoms with Crippen LogP contribution in [0.4, 0.5) is 21.8 Å². The summed E-state index contributed by atoms with van der Waals surface area (Å²) in [5.74, 6) is 1.39. The van der Waals surface area contributed by atoms with Gasteiger partial charge in [0.1, 0.15) is 11.6 Å². The second-order valence-electron chi connectivity index (χ2n) is 6.75. The first-order valence-corrected chi connectivity index (χ1v) is 9.21. The van der Waals surface area contributed by atoms with Gasteiger partial charge in [-0.1, -0.05) is 6.07 Å². The van der Waals surface area contributed by atoms with Gasteiger partial charge in [-0.05, 0) is 37.1 Å². The fraction of sp³-hybridized carbons (Fsp3) is 0.474. The largest absolute Gasteiger partial charge is 0.378 e. The Kier molecular flexibility index (Phi) is 5.15. The molecule has 0 unspecified atom stereocenters. The molecule has 3 heterocycles. The second-order valence-corrected chi connectivity index (χ2v) is 6.75. The molecule has 2 saturated heterocycles. The van der Waals surface area contributed by atoms with E-state index in [4.69, 9.17) is 4.74 Å². The molecule has 0 amide bonds. The number of nitrogens with zero attached hydrogens (tertiary/aromatic N) is 4. The second kappa shape index (κ2) is 7.86. The van der Waals surface area contributed by atoms with E-state index >= 15 is 0 Å². The molecular weight excluding hydrogens is 333 g/mol. The lowest BCUT2D eigenvalue weighted by Gasteiger charge is -2.35. The predicted molar refractivity (Wildman–Crippen MR) is 100 cm³/mol. The van der Waals surface area contributed by atoms with Gasteiger partial charge >= 0.3 is 0 Å². The average molecular weight is 357 g/mol. The van der Waals surface area contributed by atoms with Crippen LogP contribution in [0.25, 0.3) is 0 Å². The predicted octanol–water partition coefficient (Wildman–Crippen LogP) is 2.53. The molecule has 1 aromatic carbocycles. The first kappa shape index (κ1) is 17.0. The maximum Gasteiger partial charge on any atom is 0.224 e. The zero-order valence-corrected chi connectivity index (χ0v) is 14.8. The van der Waals surface area contributed by atoms with Crippen molar-refractivity contribution in [1.82, 2.24) is 9.97 Å². The third kappa shape index (κ3) is 4.04. The van der Waals surface area contributed by atoms with Gasteiger partial charge in [0.15, 0.2) is 0 Å². The van der Waals surface area contributed by atoms with E-state index in [1.807, 2.05) is 12.1 Å². The third-order valence-corrected chi connectivity index (χ3v) is 4.90. The summed E-state index contributed by atoms with van der Waals surface area (Å²) >= 11 is 0. The number of rotatable bonds is 4. The van der Waals surface area contributed by atoms with E-state index < -0.39 is 0 Å². The van der Waals surface area contributed by atoms with Gasteiger partial charge in [0.05, 0.1) is 13.2 Å². The third-order valence-electron chi connectivity index (χ3n) is 4.90. The number of piperidine rings is 1. The zero-order chi connectivity index (χ0) is 17.8. The number of morpholine rings is 1. The van der Waals surface area contributed by atoms with Crippen LogP contribution in [0.1, 0.15) is 12.8 Å². The lowest BCUT2D eigenvalue weighted by molar-refractivity contribution is 0.122. The standard InChI is InChI=1S/C19H24FN5O/c20-15-3-1-5-17(13-15)25-8-2-4-16(14-25)22-19-21-7-6-18(23-19)24-9-11-26-12-10-24/h1,3,5-7,13,16H,2,4,8-12,14H2,(H,21,22,23)/t16-/m1/s1. The highest BCUT2D eigenvalue weighted by Gasteiger charge is 2.21. The fourth-order valence-electron chi connectivity index (χ4n) is 3.57. The maximum atomic E-state index is 13.5. The molecule has 2 aromatic rings. The average Bonchev–Trinajstić information content (AvgIpc) is 2.69. The van der Waals surface area contributed by atoms with Crippen LogP contribution in [-0.4, -0.2) is 55.4 Å². The van der Waals surface area contributed by atoms with E-state index in [1.165, 1.54) is 6.07 Å². The van der Waals surface area contributed by atoms with Crippen molar-refractivity contribution in [3.63, 3.8) is 0 Å². The van der Waals surface area contributed by atoms with Gasteiger partial charge in [-0.15, -0.1) is 0 Å². The molecule has 7 heteroatoms. The quantitative estimate of drug-likeness (QED) is 0.908. The molecule has 0 radical (unpaired) electrons. The number of ether oxygens (including phenoxy) is 1. The van der Waals surface area contributed by atoms with E-state index in [1.54, 1.807) is 18.3 Å². The molecule has 2 fully saturated rings. The molecule has 26 heavy (non-hydrogen) atoms. The van der Waals surface area contributed by atoms with Crippen LogP contribution in [-0.2, 0) is 4.74 Å². The minimum Gasteiger partial charge on any atom is -0.378 e. The van der Waals surface area contributed by atoms with Crippen molar-refractivity contribution < 1.29 is 9.13 Å². The molecule has 1 N–H and O–H groups in total. The van der Waals surface area contributed by atoms with Crippen LogP contribution < -0.4 is 15.1 Å². The van der Waals surface area contributed by atoms with E-state index in [9.17, 15) is 4.39 Å². The highest BCUT2D eigenvalue weighted by molar-refractivity contribution is 5.48. The number of hydrogen-bond acceptors (Lipinski definition) is 6. The van der Waals surface area contributed by atoms with Gasteiger partial charge in [-0.2, -0.15) is 4.98 Å². The van der Waals surface area contributed by atoms with Crippen molar-refractivity contribution in [2.24, 2.45) is 0 Å². The van der Waals surface area contributed by atoms with Crippen molar-refractivity contribution in [1.29, 1.82) is 0 Å². The Bertz CT molecular complexity index is 737. The lowest BCUT2D eigenvalue weighted by Crippen LogP contribution is -2.42. The van der Waals surface area contributed by atoms with Crippen molar-refractivity contribution in [3.8, 4) is 0 Å². The number of anilines is 3. The van der Waals surface area contributed by atoms with Crippen molar-refractivity contribution in [2.45, 2.75) is 18.9 Å². The molecule has 2 aliphatic rings. The maximum absolute atomic E-state index is 13.5. The molecule has 138 valence electrons. The van der Waals surface area contributed by atoms with Crippen LogP contribution in [0.15, 0.2) is 36.5 Å². The molecule has 2 aliphatic heterocycles. The van der Waals surface area contributed by atoms with Gasteiger partial charge in [0, 0.05) is 44.1 Å². The van der Waals surface area contributed by atoms with Gasteiger partial charge < -0.3 is 19.9 Å². The zero-order valence-electron chi connectivity index (χ0n) is 14.8. The number of nitrogens with one attached hydrogen (secondary N) is 1. The van der Waals surface area contributed by atoms with Crippen molar-refractivity contribution >= 4 is 17.5 Å². The molecule has 0 bridgehead atoms. The summed E-state index contributed by atoms with van der Waals surface area (Å²) in [6.07, 6.45) is 3.90. The highest BCUT2D eigenvalue weighted by Crippen LogP contribution is 2.22. The Morgan fingerprint density at radius 1 is 1.12 bits per heavy atom. The minimum atomic E-state index is -0.195. The monoisotopic (exact) mass is 357 g/mol. The summed E-state index contributed by atoms with van der Waals surface area (Å²) in [5.41, 5.74) is 0.930. The van der Waals surface area contributed by atoms with Gasteiger partial charge in [0.2, 0.25) is 5.95 Å². The molecule has 0 aliphatic carbocycles. The molecule has 1 atom stereocenters. The summed E-state index contributed by atoms with van der Waals surface area (Å²) in [6, 6.07) is 8.98. The smallest absolute Gasteiger partial charge is 0.224 e. The van der Waals surface area contributed by atoms with Crippen LogP contribution in [0, 0.1) is 5.82 Å². The van der Waals surface area contributed by atoms with Crippen LogP contribution >= 0.6 is 0 Å². The van der Waals surface area contributed by atoms with E-state index in [2.05, 4.69) is 25.1 Å². The Balaban J connectivity index is 1.42. The molecule has 0 spiro atoms. The minimum absolute atomic E-state index is 0.195. The first-order chi connectivity index (χ1) is 12.8. The van der Waals surface area contributed by atoms with Crippen LogP contribution in [0.2, 0.25) is 0 Å². The summed E-state index contributed by atoms with van der Waals surface area (Å²) in [5, 5.41) is 3.46. The summed E-state index contributed by atoms with van der Waals surface area (Å²) in [6.45, 7) is 4.93. The van der Waals surface area contributed by atoms with Crippen molar-refractivity contribution in [3.05, 3.63) is 42.3 Å².